The molecular formula is C24H21N5O2. The van der Waals surface area contributed by atoms with Crippen LogP contribution >= 0.6 is 0 Å². The van der Waals surface area contributed by atoms with Crippen molar-refractivity contribution in [3.8, 4) is 6.07 Å². The third-order valence-corrected chi connectivity index (χ3v) is 5.18. The molecule has 7 nitrogen and oxygen atoms in total. The number of nitriles is 1. The molecule has 0 saturated heterocycles. The Labute approximate surface area is 178 Å². The first-order chi connectivity index (χ1) is 14.9. The van der Waals surface area contributed by atoms with E-state index in [2.05, 4.69) is 11.1 Å². The van der Waals surface area contributed by atoms with E-state index in [4.69, 9.17) is 4.98 Å². The zero-order valence-electron chi connectivity index (χ0n) is 17.6. The van der Waals surface area contributed by atoms with Crippen LogP contribution in [0, 0.1) is 25.2 Å². The third-order valence-electron chi connectivity index (χ3n) is 5.18. The molecule has 0 radical (unpaired) electrons. The molecule has 31 heavy (non-hydrogen) atoms. The molecule has 0 spiro atoms. The Morgan fingerprint density at radius 3 is 2.58 bits per heavy atom. The maximum Gasteiger partial charge on any atom is 0.278 e. The van der Waals surface area contributed by atoms with Crippen LogP contribution in [0.4, 0.5) is 0 Å². The van der Waals surface area contributed by atoms with Gasteiger partial charge < -0.3 is 4.57 Å². The molecule has 1 amide bonds. The molecule has 0 aliphatic rings. The van der Waals surface area contributed by atoms with Gasteiger partial charge in [-0.15, -0.1) is 0 Å². The van der Waals surface area contributed by atoms with E-state index < -0.39 is 5.91 Å². The molecule has 154 valence electrons. The van der Waals surface area contributed by atoms with E-state index in [1.807, 2.05) is 39.0 Å². The normalized spacial score (nSPS) is 11.7. The first kappa shape index (κ1) is 20.2. The van der Waals surface area contributed by atoms with E-state index in [1.54, 1.807) is 29.0 Å². The zero-order chi connectivity index (χ0) is 22.1. The number of hydrogen-bond donors (Lipinski definition) is 0. The van der Waals surface area contributed by atoms with Gasteiger partial charge in [-0.3, -0.25) is 14.0 Å². The number of aryl methyl sites for hydroxylation is 3. The maximum absolute atomic E-state index is 13.2. The topological polar surface area (TPSA) is 92.5 Å². The highest BCUT2D eigenvalue weighted by atomic mass is 16.1. The van der Waals surface area contributed by atoms with Crippen molar-refractivity contribution in [2.75, 3.05) is 0 Å². The van der Waals surface area contributed by atoms with Crippen molar-refractivity contribution in [1.82, 2.24) is 14.0 Å². The van der Waals surface area contributed by atoms with Crippen LogP contribution in [0.3, 0.4) is 0 Å². The van der Waals surface area contributed by atoms with Gasteiger partial charge in [0.15, 0.2) is 5.49 Å². The molecular weight excluding hydrogens is 390 g/mol. The SMILES string of the molecule is CCCn1c(=NC(=O)c2ccc(C)cc2)c(C#N)cc2c(=O)n3cccc(C)c3nc21. The first-order valence-electron chi connectivity index (χ1n) is 10.1. The van der Waals surface area contributed by atoms with E-state index in [-0.39, 0.29) is 16.6 Å². The van der Waals surface area contributed by atoms with Crippen LogP contribution < -0.4 is 11.0 Å². The number of nitrogens with zero attached hydrogens (tertiary/aromatic N) is 5. The second kappa shape index (κ2) is 8.00. The smallest absolute Gasteiger partial charge is 0.278 e. The van der Waals surface area contributed by atoms with Crippen LogP contribution in [0.2, 0.25) is 0 Å². The molecule has 0 saturated carbocycles. The number of hydrogen-bond acceptors (Lipinski definition) is 4. The van der Waals surface area contributed by atoms with Crippen molar-refractivity contribution in [3.63, 3.8) is 0 Å². The lowest BCUT2D eigenvalue weighted by Crippen LogP contribution is -2.29. The molecule has 0 fully saturated rings. The minimum atomic E-state index is -0.450. The van der Waals surface area contributed by atoms with Gasteiger partial charge in [-0.25, -0.2) is 4.98 Å². The van der Waals surface area contributed by atoms with Crippen LogP contribution in [0.15, 0.2) is 58.4 Å². The van der Waals surface area contributed by atoms with Crippen molar-refractivity contribution >= 4 is 22.6 Å². The first-order valence-corrected chi connectivity index (χ1v) is 10.1. The average molecular weight is 411 g/mol. The molecule has 0 atom stereocenters. The Kier molecular flexibility index (Phi) is 5.22. The van der Waals surface area contributed by atoms with Gasteiger partial charge >= 0.3 is 0 Å². The minimum Gasteiger partial charge on any atom is -0.309 e. The van der Waals surface area contributed by atoms with Crippen LogP contribution in [0.5, 0.6) is 0 Å². The summed E-state index contributed by atoms with van der Waals surface area (Å²) in [7, 11) is 0. The molecule has 4 aromatic rings. The summed E-state index contributed by atoms with van der Waals surface area (Å²) in [5.41, 5.74) is 3.37. The Balaban J connectivity index is 2.10. The second-order valence-electron chi connectivity index (χ2n) is 7.47. The average Bonchev–Trinajstić information content (AvgIpc) is 2.76. The van der Waals surface area contributed by atoms with Gasteiger partial charge in [0.1, 0.15) is 17.4 Å². The van der Waals surface area contributed by atoms with E-state index in [1.165, 1.54) is 10.5 Å². The van der Waals surface area contributed by atoms with E-state index in [0.717, 1.165) is 11.1 Å². The van der Waals surface area contributed by atoms with Crippen molar-refractivity contribution in [3.05, 3.63) is 86.8 Å². The Morgan fingerprint density at radius 2 is 1.90 bits per heavy atom. The molecule has 4 rings (SSSR count). The molecule has 0 bridgehead atoms. The van der Waals surface area contributed by atoms with Gasteiger partial charge in [0.2, 0.25) is 0 Å². The van der Waals surface area contributed by atoms with Gasteiger partial charge in [-0.05, 0) is 50.1 Å². The fraction of sp³-hybridized carbons (Fsp3) is 0.208. The Hall–Kier alpha value is -4.05. The number of carbonyl (C=O) groups is 1. The summed E-state index contributed by atoms with van der Waals surface area (Å²) in [6.45, 7) is 6.25. The highest BCUT2D eigenvalue weighted by Gasteiger charge is 2.15. The number of rotatable bonds is 3. The lowest BCUT2D eigenvalue weighted by Gasteiger charge is -2.13. The quantitative estimate of drug-likeness (QED) is 0.484. The summed E-state index contributed by atoms with van der Waals surface area (Å²) in [4.78, 5) is 35.0. The molecule has 1 aromatic carbocycles. The van der Waals surface area contributed by atoms with Crippen LogP contribution in [-0.4, -0.2) is 19.9 Å². The van der Waals surface area contributed by atoms with Gasteiger partial charge in [-0.2, -0.15) is 10.3 Å². The molecule has 0 N–H and O–H groups in total. The highest BCUT2D eigenvalue weighted by Crippen LogP contribution is 2.13. The number of amides is 1. The number of benzene rings is 1. The van der Waals surface area contributed by atoms with Crippen molar-refractivity contribution in [2.45, 2.75) is 33.7 Å². The molecule has 7 heteroatoms. The van der Waals surface area contributed by atoms with Gasteiger partial charge in [0.05, 0.1) is 10.9 Å². The Morgan fingerprint density at radius 1 is 1.16 bits per heavy atom. The lowest BCUT2D eigenvalue weighted by molar-refractivity contribution is 0.0997. The molecule has 3 aromatic heterocycles. The number of fused-ring (bicyclic) bond motifs is 2. The molecule has 0 unspecified atom stereocenters. The zero-order valence-corrected chi connectivity index (χ0v) is 17.6. The molecule has 0 aliphatic heterocycles. The Bertz CT molecular complexity index is 1500. The van der Waals surface area contributed by atoms with E-state index in [9.17, 15) is 14.9 Å². The fourth-order valence-corrected chi connectivity index (χ4v) is 3.58. The fourth-order valence-electron chi connectivity index (χ4n) is 3.58. The molecule has 3 heterocycles. The summed E-state index contributed by atoms with van der Waals surface area (Å²) >= 11 is 0. The van der Waals surface area contributed by atoms with Crippen molar-refractivity contribution in [1.29, 1.82) is 5.26 Å². The van der Waals surface area contributed by atoms with Gasteiger partial charge in [0.25, 0.3) is 11.5 Å². The maximum atomic E-state index is 13.2. The predicted molar refractivity (Wildman–Crippen MR) is 118 cm³/mol. The largest absolute Gasteiger partial charge is 0.309 e. The lowest BCUT2D eigenvalue weighted by atomic mass is 10.1. The minimum absolute atomic E-state index is 0.160. The number of aromatic nitrogens is 3. The van der Waals surface area contributed by atoms with Gasteiger partial charge in [-0.1, -0.05) is 30.7 Å². The van der Waals surface area contributed by atoms with Crippen LogP contribution in [0.25, 0.3) is 16.7 Å². The van der Waals surface area contributed by atoms with Gasteiger partial charge in [0, 0.05) is 18.3 Å². The summed E-state index contributed by atoms with van der Waals surface area (Å²) in [6, 6.07) is 14.3. The number of carbonyl (C=O) groups excluding carboxylic acids is 1. The summed E-state index contributed by atoms with van der Waals surface area (Å²) in [5.74, 6) is -0.450. The second-order valence-corrected chi connectivity index (χ2v) is 7.47. The van der Waals surface area contributed by atoms with E-state index in [0.29, 0.717) is 35.2 Å². The summed E-state index contributed by atoms with van der Waals surface area (Å²) in [6.07, 6.45) is 2.37. The summed E-state index contributed by atoms with van der Waals surface area (Å²) in [5, 5.41) is 10.1. The van der Waals surface area contributed by atoms with Crippen LogP contribution in [0.1, 0.15) is 40.4 Å². The third kappa shape index (κ3) is 3.53. The monoisotopic (exact) mass is 411 g/mol. The van der Waals surface area contributed by atoms with Crippen molar-refractivity contribution in [2.24, 2.45) is 4.99 Å². The number of pyridine rings is 2. The standard InChI is InChI=1S/C24H21N5O2/c1-4-11-28-21(27-23(30)17-9-7-15(2)8-10-17)18(14-25)13-19-22(28)26-20-16(3)6-5-12-29(20)24(19)31/h5-10,12-13H,4,11H2,1-3H3. The van der Waals surface area contributed by atoms with Crippen LogP contribution in [-0.2, 0) is 6.54 Å². The predicted octanol–water partition coefficient (Wildman–Crippen LogP) is 3.29. The van der Waals surface area contributed by atoms with Crippen molar-refractivity contribution < 1.29 is 4.79 Å². The molecule has 0 aliphatic carbocycles. The van der Waals surface area contributed by atoms with E-state index >= 15 is 0 Å². The highest BCUT2D eigenvalue weighted by molar-refractivity contribution is 5.95. The summed E-state index contributed by atoms with van der Waals surface area (Å²) < 4.78 is 3.18.